The molecule has 3 aliphatic rings. The highest BCUT2D eigenvalue weighted by Crippen LogP contribution is 2.29. The lowest BCUT2D eigenvalue weighted by Gasteiger charge is -2.31. The summed E-state index contributed by atoms with van der Waals surface area (Å²) in [4.78, 5) is 17.5. The van der Waals surface area contributed by atoms with E-state index in [1.54, 1.807) is 0 Å². The molecule has 0 unspecified atom stereocenters. The van der Waals surface area contributed by atoms with Gasteiger partial charge in [0.25, 0.3) is 5.91 Å². The van der Waals surface area contributed by atoms with Crippen LogP contribution in [0, 0.1) is 0 Å². The predicted molar refractivity (Wildman–Crippen MR) is 87.8 cm³/mol. The molecule has 4 nitrogen and oxygen atoms in total. The van der Waals surface area contributed by atoms with Crippen molar-refractivity contribution in [2.24, 2.45) is 0 Å². The summed E-state index contributed by atoms with van der Waals surface area (Å²) in [5.74, 6) is 0.109. The third-order valence-corrected chi connectivity index (χ3v) is 5.85. The fourth-order valence-corrected chi connectivity index (χ4v) is 4.68. The van der Waals surface area contributed by atoms with Crippen LogP contribution in [0.3, 0.4) is 0 Å². The molecule has 0 N–H and O–H groups in total. The highest BCUT2D eigenvalue weighted by Gasteiger charge is 2.33. The van der Waals surface area contributed by atoms with Gasteiger partial charge in [0.1, 0.15) is 5.69 Å². The molecule has 0 radical (unpaired) electrons. The van der Waals surface area contributed by atoms with E-state index in [4.69, 9.17) is 0 Å². The SMILES string of the molecule is O=C(c1nsc2cc(Br)ccc12)N1CCN2CCC1CC2. The van der Waals surface area contributed by atoms with E-state index in [0.717, 1.165) is 53.6 Å². The third kappa shape index (κ3) is 2.39. The zero-order chi connectivity index (χ0) is 14.4. The third-order valence-electron chi connectivity index (χ3n) is 4.55. The molecule has 21 heavy (non-hydrogen) atoms. The molecule has 2 bridgehead atoms. The van der Waals surface area contributed by atoms with E-state index >= 15 is 0 Å². The van der Waals surface area contributed by atoms with Crippen molar-refractivity contribution >= 4 is 43.5 Å². The van der Waals surface area contributed by atoms with Crippen LogP contribution in [-0.2, 0) is 0 Å². The summed E-state index contributed by atoms with van der Waals surface area (Å²) >= 11 is 4.88. The minimum atomic E-state index is 0.109. The van der Waals surface area contributed by atoms with Crippen molar-refractivity contribution in [1.29, 1.82) is 0 Å². The smallest absolute Gasteiger partial charge is 0.274 e. The van der Waals surface area contributed by atoms with Crippen molar-refractivity contribution in [1.82, 2.24) is 14.2 Å². The number of hydrogen-bond donors (Lipinski definition) is 0. The zero-order valence-electron chi connectivity index (χ0n) is 11.6. The summed E-state index contributed by atoms with van der Waals surface area (Å²) in [7, 11) is 0. The fraction of sp³-hybridized carbons (Fsp3) is 0.467. The van der Waals surface area contributed by atoms with Crippen LogP contribution in [0.15, 0.2) is 22.7 Å². The summed E-state index contributed by atoms with van der Waals surface area (Å²) in [6.45, 7) is 4.08. The highest BCUT2D eigenvalue weighted by molar-refractivity contribution is 9.10. The summed E-state index contributed by atoms with van der Waals surface area (Å²) in [5, 5.41) is 0.979. The zero-order valence-corrected chi connectivity index (χ0v) is 14.0. The Balaban J connectivity index is 1.69. The number of aromatic nitrogens is 1. The van der Waals surface area contributed by atoms with Gasteiger partial charge in [0, 0.05) is 42.1 Å². The first-order valence-corrected chi connectivity index (χ1v) is 8.87. The number of rotatable bonds is 1. The van der Waals surface area contributed by atoms with Gasteiger partial charge < -0.3 is 9.80 Å². The molecule has 0 aliphatic carbocycles. The number of benzene rings is 1. The average Bonchev–Trinajstić information content (AvgIpc) is 2.68. The lowest BCUT2D eigenvalue weighted by atomic mass is 10.0. The first-order chi connectivity index (χ1) is 10.2. The Kier molecular flexibility index (Phi) is 3.47. The largest absolute Gasteiger partial charge is 0.333 e. The Morgan fingerprint density at radius 2 is 2.05 bits per heavy atom. The molecular formula is C15H16BrN3OS. The number of halogens is 1. The molecule has 0 atom stereocenters. The van der Waals surface area contributed by atoms with Crippen LogP contribution < -0.4 is 0 Å². The van der Waals surface area contributed by atoms with Crippen molar-refractivity contribution < 1.29 is 4.79 Å². The van der Waals surface area contributed by atoms with E-state index in [0.29, 0.717) is 11.7 Å². The molecule has 6 heteroatoms. The molecule has 3 saturated heterocycles. The minimum Gasteiger partial charge on any atom is -0.333 e. The fourth-order valence-electron chi connectivity index (χ4n) is 3.36. The van der Waals surface area contributed by atoms with Crippen molar-refractivity contribution in [2.75, 3.05) is 26.2 Å². The molecule has 1 amide bonds. The highest BCUT2D eigenvalue weighted by atomic mass is 79.9. The number of carbonyl (C=O) groups is 1. The van der Waals surface area contributed by atoms with Crippen LogP contribution in [0.5, 0.6) is 0 Å². The summed E-state index contributed by atoms with van der Waals surface area (Å²) in [6, 6.07) is 6.40. The maximum Gasteiger partial charge on any atom is 0.274 e. The van der Waals surface area contributed by atoms with Gasteiger partial charge in [0.15, 0.2) is 0 Å². The molecule has 3 aliphatic heterocycles. The van der Waals surface area contributed by atoms with Gasteiger partial charge in [-0.3, -0.25) is 4.79 Å². The molecule has 4 heterocycles. The van der Waals surface area contributed by atoms with E-state index in [9.17, 15) is 4.79 Å². The second-order valence-electron chi connectivity index (χ2n) is 5.74. The molecule has 2 aromatic rings. The quantitative estimate of drug-likeness (QED) is 0.779. The van der Waals surface area contributed by atoms with Crippen LogP contribution in [0.1, 0.15) is 23.3 Å². The maximum atomic E-state index is 12.9. The Morgan fingerprint density at radius 3 is 2.86 bits per heavy atom. The van der Waals surface area contributed by atoms with Gasteiger partial charge in [-0.1, -0.05) is 15.9 Å². The summed E-state index contributed by atoms with van der Waals surface area (Å²) in [6.07, 6.45) is 2.19. The summed E-state index contributed by atoms with van der Waals surface area (Å²) in [5.41, 5.74) is 0.628. The standard InChI is InChI=1S/C15H16BrN3OS/c16-10-1-2-12-13(9-10)21-17-14(12)15(20)19-8-7-18-5-3-11(19)4-6-18/h1-2,9,11H,3-8H2. The molecule has 1 aromatic carbocycles. The minimum absolute atomic E-state index is 0.109. The van der Waals surface area contributed by atoms with Gasteiger partial charge in [-0.2, -0.15) is 4.37 Å². The Bertz CT molecular complexity index is 693. The summed E-state index contributed by atoms with van der Waals surface area (Å²) < 4.78 is 6.53. The van der Waals surface area contributed by atoms with Crippen LogP contribution in [-0.4, -0.2) is 52.3 Å². The van der Waals surface area contributed by atoms with E-state index < -0.39 is 0 Å². The second kappa shape index (κ2) is 5.34. The normalized spacial score (nSPS) is 25.3. The van der Waals surface area contributed by atoms with Gasteiger partial charge >= 0.3 is 0 Å². The molecule has 0 saturated carbocycles. The number of amides is 1. The molecule has 3 fully saturated rings. The van der Waals surface area contributed by atoms with Crippen molar-refractivity contribution in [3.05, 3.63) is 28.4 Å². The number of nitrogens with zero attached hydrogens (tertiary/aromatic N) is 3. The molecular weight excluding hydrogens is 350 g/mol. The van der Waals surface area contributed by atoms with Crippen molar-refractivity contribution in [3.63, 3.8) is 0 Å². The van der Waals surface area contributed by atoms with Gasteiger partial charge in [-0.25, -0.2) is 0 Å². The number of carbonyl (C=O) groups excluding carboxylic acids is 1. The van der Waals surface area contributed by atoms with E-state index in [-0.39, 0.29) is 5.91 Å². The van der Waals surface area contributed by atoms with Crippen LogP contribution in [0.25, 0.3) is 10.1 Å². The van der Waals surface area contributed by atoms with Gasteiger partial charge in [-0.05, 0) is 42.6 Å². The Hall–Kier alpha value is -0.980. The van der Waals surface area contributed by atoms with Crippen LogP contribution in [0.4, 0.5) is 0 Å². The molecule has 1 aromatic heterocycles. The van der Waals surface area contributed by atoms with Crippen molar-refractivity contribution in [2.45, 2.75) is 18.9 Å². The lowest BCUT2D eigenvalue weighted by molar-refractivity contribution is 0.0682. The number of piperidine rings is 1. The molecule has 0 spiro atoms. The van der Waals surface area contributed by atoms with Crippen LogP contribution >= 0.6 is 27.5 Å². The first-order valence-electron chi connectivity index (χ1n) is 7.30. The average molecular weight is 366 g/mol. The van der Waals surface area contributed by atoms with Crippen molar-refractivity contribution in [3.8, 4) is 0 Å². The lowest BCUT2D eigenvalue weighted by Crippen LogP contribution is -2.41. The number of fused-ring (bicyclic) bond motifs is 5. The van der Waals surface area contributed by atoms with Gasteiger partial charge in [0.05, 0.1) is 4.70 Å². The monoisotopic (exact) mass is 365 g/mol. The van der Waals surface area contributed by atoms with Gasteiger partial charge in [0.2, 0.25) is 0 Å². The van der Waals surface area contributed by atoms with E-state index in [1.165, 1.54) is 11.5 Å². The second-order valence-corrected chi connectivity index (χ2v) is 7.46. The number of hydrogen-bond acceptors (Lipinski definition) is 4. The predicted octanol–water partition coefficient (Wildman–Crippen LogP) is 2.98. The maximum absolute atomic E-state index is 12.9. The Morgan fingerprint density at radius 1 is 1.24 bits per heavy atom. The van der Waals surface area contributed by atoms with E-state index in [1.807, 2.05) is 18.2 Å². The molecule has 110 valence electrons. The van der Waals surface area contributed by atoms with Crippen LogP contribution in [0.2, 0.25) is 0 Å². The van der Waals surface area contributed by atoms with E-state index in [2.05, 4.69) is 30.1 Å². The van der Waals surface area contributed by atoms with Gasteiger partial charge in [-0.15, -0.1) is 0 Å². The molecule has 5 rings (SSSR count). The topological polar surface area (TPSA) is 36.4 Å². The Labute approximate surface area is 136 Å². The first kappa shape index (κ1) is 13.7.